The van der Waals surface area contributed by atoms with Crippen LogP contribution in [0.25, 0.3) is 22.2 Å². The number of rotatable bonds is 4. The molecule has 8 nitrogen and oxygen atoms in total. The van der Waals surface area contributed by atoms with Crippen molar-refractivity contribution in [2.24, 2.45) is 0 Å². The third-order valence-electron chi connectivity index (χ3n) is 3.99. The molecule has 0 unspecified atom stereocenters. The minimum absolute atomic E-state index is 0.0757. The van der Waals surface area contributed by atoms with Gasteiger partial charge in [0, 0.05) is 17.7 Å². The van der Waals surface area contributed by atoms with Crippen LogP contribution < -0.4 is 19.6 Å². The topological polar surface area (TPSA) is 121 Å². The van der Waals surface area contributed by atoms with Gasteiger partial charge in [-0.3, -0.25) is 4.79 Å². The van der Waals surface area contributed by atoms with Gasteiger partial charge in [-0.1, -0.05) is 0 Å². The lowest BCUT2D eigenvalue weighted by molar-refractivity contribution is 0.324. The second-order valence-electron chi connectivity index (χ2n) is 5.48. The number of phenols is 2. The third kappa shape index (κ3) is 2.61. The second-order valence-corrected chi connectivity index (χ2v) is 5.48. The molecular formula is C18H17NO7. The summed E-state index contributed by atoms with van der Waals surface area (Å²) in [6.07, 6.45) is 0. The van der Waals surface area contributed by atoms with Crippen molar-refractivity contribution in [3.63, 3.8) is 0 Å². The lowest BCUT2D eigenvalue weighted by atomic mass is 10.1. The van der Waals surface area contributed by atoms with E-state index in [-0.39, 0.29) is 22.3 Å². The molecule has 0 aliphatic carbocycles. The number of fused-ring (bicyclic) bond motifs is 1. The van der Waals surface area contributed by atoms with Crippen molar-refractivity contribution in [3.8, 4) is 45.8 Å². The Morgan fingerprint density at radius 3 is 2.04 bits per heavy atom. The molecule has 0 bridgehead atoms. The molecule has 1 heterocycles. The average molecular weight is 359 g/mol. The molecule has 0 aliphatic heterocycles. The van der Waals surface area contributed by atoms with Crippen LogP contribution >= 0.6 is 0 Å². The Bertz CT molecular complexity index is 1030. The molecule has 2 aromatic carbocycles. The number of aromatic nitrogens is 1. The van der Waals surface area contributed by atoms with E-state index < -0.39 is 16.9 Å². The van der Waals surface area contributed by atoms with Crippen LogP contribution in [0.4, 0.5) is 0 Å². The number of aromatic amines is 1. The van der Waals surface area contributed by atoms with E-state index in [1.807, 2.05) is 0 Å². The molecule has 3 rings (SSSR count). The highest BCUT2D eigenvalue weighted by molar-refractivity contribution is 5.90. The van der Waals surface area contributed by atoms with Crippen LogP contribution in [-0.2, 0) is 0 Å². The van der Waals surface area contributed by atoms with Gasteiger partial charge in [0.1, 0.15) is 11.5 Å². The summed E-state index contributed by atoms with van der Waals surface area (Å²) < 4.78 is 15.8. The standard InChI is InChI=1S/C18H17NO7/c1-24-12-4-8(5-13(25-2)18(12)26-3)15-17(23)16(22)14-10(19-15)6-9(20)7-11(14)21/h4-7,20-21,23H,1-3H3,(H,19,22). The van der Waals surface area contributed by atoms with Crippen LogP contribution in [0.3, 0.4) is 0 Å². The van der Waals surface area contributed by atoms with Gasteiger partial charge < -0.3 is 34.5 Å². The maximum absolute atomic E-state index is 12.5. The molecule has 0 saturated carbocycles. The zero-order chi connectivity index (χ0) is 19.0. The number of hydrogen-bond donors (Lipinski definition) is 4. The first-order valence-electron chi connectivity index (χ1n) is 7.52. The molecular weight excluding hydrogens is 342 g/mol. The Labute approximate surface area is 147 Å². The SMILES string of the molecule is COc1cc(-c2[nH]c3cc(O)cc(O)c3c(=O)c2O)cc(OC)c1OC. The van der Waals surface area contributed by atoms with Gasteiger partial charge in [-0.2, -0.15) is 0 Å². The van der Waals surface area contributed by atoms with Gasteiger partial charge in [0.15, 0.2) is 17.2 Å². The molecule has 26 heavy (non-hydrogen) atoms. The fourth-order valence-electron chi connectivity index (χ4n) is 2.81. The third-order valence-corrected chi connectivity index (χ3v) is 3.99. The molecule has 0 amide bonds. The Kier molecular flexibility index (Phi) is 4.25. The largest absolute Gasteiger partial charge is 0.508 e. The maximum atomic E-state index is 12.5. The summed E-state index contributed by atoms with van der Waals surface area (Å²) >= 11 is 0. The van der Waals surface area contributed by atoms with Crippen LogP contribution in [0, 0.1) is 0 Å². The predicted molar refractivity (Wildman–Crippen MR) is 94.7 cm³/mol. The molecule has 0 aliphatic rings. The van der Waals surface area contributed by atoms with Gasteiger partial charge >= 0.3 is 0 Å². The van der Waals surface area contributed by atoms with E-state index in [0.29, 0.717) is 22.8 Å². The fraction of sp³-hybridized carbons (Fsp3) is 0.167. The summed E-state index contributed by atoms with van der Waals surface area (Å²) in [4.78, 5) is 15.3. The summed E-state index contributed by atoms with van der Waals surface area (Å²) in [6.45, 7) is 0. The van der Waals surface area contributed by atoms with E-state index in [4.69, 9.17) is 14.2 Å². The molecule has 8 heteroatoms. The quantitative estimate of drug-likeness (QED) is 0.564. The van der Waals surface area contributed by atoms with E-state index >= 15 is 0 Å². The highest BCUT2D eigenvalue weighted by Gasteiger charge is 2.20. The van der Waals surface area contributed by atoms with E-state index in [1.165, 1.54) is 27.4 Å². The molecule has 0 saturated heterocycles. The smallest absolute Gasteiger partial charge is 0.235 e. The van der Waals surface area contributed by atoms with Crippen molar-refractivity contribution in [1.82, 2.24) is 4.98 Å². The van der Waals surface area contributed by atoms with Crippen LogP contribution in [0.2, 0.25) is 0 Å². The zero-order valence-corrected chi connectivity index (χ0v) is 14.3. The molecule has 1 aromatic heterocycles. The maximum Gasteiger partial charge on any atom is 0.235 e. The van der Waals surface area contributed by atoms with Gasteiger partial charge in [0.2, 0.25) is 11.2 Å². The first-order valence-corrected chi connectivity index (χ1v) is 7.52. The molecule has 0 radical (unpaired) electrons. The minimum atomic E-state index is -0.778. The van der Waals surface area contributed by atoms with Gasteiger partial charge in [0.05, 0.1) is 37.9 Å². The summed E-state index contributed by atoms with van der Waals surface area (Å²) in [5, 5.41) is 29.8. The molecule has 0 spiro atoms. The van der Waals surface area contributed by atoms with E-state index in [9.17, 15) is 20.1 Å². The Morgan fingerprint density at radius 2 is 1.50 bits per heavy atom. The van der Waals surface area contributed by atoms with Gasteiger partial charge in [0.25, 0.3) is 0 Å². The molecule has 3 aromatic rings. The van der Waals surface area contributed by atoms with Crippen LogP contribution in [0.15, 0.2) is 29.1 Å². The Hall–Kier alpha value is -3.55. The average Bonchev–Trinajstić information content (AvgIpc) is 2.62. The lowest BCUT2D eigenvalue weighted by Gasteiger charge is -2.15. The van der Waals surface area contributed by atoms with Crippen molar-refractivity contribution in [2.45, 2.75) is 0 Å². The van der Waals surface area contributed by atoms with Crippen molar-refractivity contribution in [1.29, 1.82) is 0 Å². The number of nitrogens with one attached hydrogen (secondary N) is 1. The Balaban J connectivity index is 2.36. The number of H-pyrrole nitrogens is 1. The first-order chi connectivity index (χ1) is 12.4. The molecule has 0 atom stereocenters. The number of aromatic hydroxyl groups is 3. The highest BCUT2D eigenvalue weighted by Crippen LogP contribution is 2.42. The number of pyridine rings is 1. The number of methoxy groups -OCH3 is 3. The minimum Gasteiger partial charge on any atom is -0.508 e. The van der Waals surface area contributed by atoms with E-state index in [1.54, 1.807) is 12.1 Å². The number of ether oxygens (including phenoxy) is 3. The molecule has 136 valence electrons. The summed E-state index contributed by atoms with van der Waals surface area (Å²) in [6, 6.07) is 5.41. The number of hydrogen-bond acceptors (Lipinski definition) is 7. The number of benzene rings is 2. The molecule has 0 fully saturated rings. The summed E-state index contributed by atoms with van der Waals surface area (Å²) in [5.74, 6) is -0.230. The zero-order valence-electron chi connectivity index (χ0n) is 14.3. The predicted octanol–water partition coefficient (Wildman–Crippen LogP) is 2.34. The van der Waals surface area contributed by atoms with Gasteiger partial charge in [-0.25, -0.2) is 0 Å². The Morgan fingerprint density at radius 1 is 0.885 bits per heavy atom. The van der Waals surface area contributed by atoms with Crippen LogP contribution in [-0.4, -0.2) is 41.6 Å². The van der Waals surface area contributed by atoms with E-state index in [0.717, 1.165) is 6.07 Å². The first kappa shape index (κ1) is 17.3. The molecule has 4 N–H and O–H groups in total. The monoisotopic (exact) mass is 359 g/mol. The lowest BCUT2D eigenvalue weighted by Crippen LogP contribution is -2.05. The van der Waals surface area contributed by atoms with Crippen LogP contribution in [0.5, 0.6) is 34.5 Å². The second kappa shape index (κ2) is 6.40. The summed E-state index contributed by atoms with van der Waals surface area (Å²) in [7, 11) is 4.35. The van der Waals surface area contributed by atoms with Crippen molar-refractivity contribution >= 4 is 10.9 Å². The van der Waals surface area contributed by atoms with E-state index in [2.05, 4.69) is 4.98 Å². The highest BCUT2D eigenvalue weighted by atomic mass is 16.5. The number of phenolic OH excluding ortho intramolecular Hbond substituents is 2. The summed E-state index contributed by atoms with van der Waals surface area (Å²) in [5.41, 5.74) is -0.153. The van der Waals surface area contributed by atoms with Gasteiger partial charge in [-0.05, 0) is 12.1 Å². The van der Waals surface area contributed by atoms with Crippen molar-refractivity contribution in [3.05, 3.63) is 34.5 Å². The van der Waals surface area contributed by atoms with Crippen molar-refractivity contribution in [2.75, 3.05) is 21.3 Å². The van der Waals surface area contributed by atoms with Gasteiger partial charge in [-0.15, -0.1) is 0 Å². The normalized spacial score (nSPS) is 10.7. The van der Waals surface area contributed by atoms with Crippen LogP contribution in [0.1, 0.15) is 0 Å². The van der Waals surface area contributed by atoms with Crippen molar-refractivity contribution < 1.29 is 29.5 Å². The fourth-order valence-corrected chi connectivity index (χ4v) is 2.81.